The van der Waals surface area contributed by atoms with Crippen LogP contribution in [-0.4, -0.2) is 42.1 Å². The van der Waals surface area contributed by atoms with Crippen LogP contribution in [0.15, 0.2) is 30.3 Å². The van der Waals surface area contributed by atoms with Gasteiger partial charge in [0.1, 0.15) is 0 Å². The number of carboxylic acid groups (broad SMARTS) is 1. The average Bonchev–Trinajstić information content (AvgIpc) is 2.74. The number of amides is 1. The second kappa shape index (κ2) is 5.84. The smallest absolute Gasteiger partial charge is 0.309 e. The first kappa shape index (κ1) is 13.5. The molecule has 1 heterocycles. The number of nitrogens with zero attached hydrogens (tertiary/aromatic N) is 1. The highest BCUT2D eigenvalue weighted by Crippen LogP contribution is 2.37. The lowest BCUT2D eigenvalue weighted by Gasteiger charge is -2.27. The maximum absolute atomic E-state index is 12.0. The van der Waals surface area contributed by atoms with Gasteiger partial charge in [0.2, 0.25) is 5.91 Å². The Bertz CT molecular complexity index is 460. The van der Waals surface area contributed by atoms with Crippen molar-refractivity contribution in [1.82, 2.24) is 4.90 Å². The molecule has 0 saturated carbocycles. The summed E-state index contributed by atoms with van der Waals surface area (Å²) in [5, 5.41) is 9.30. The highest BCUT2D eigenvalue weighted by molar-refractivity contribution is 5.87. The molecule has 5 nitrogen and oxygen atoms in total. The number of hydrogen-bond acceptors (Lipinski definition) is 3. The molecule has 1 aromatic carbocycles. The van der Waals surface area contributed by atoms with Crippen LogP contribution in [0.2, 0.25) is 0 Å². The van der Waals surface area contributed by atoms with E-state index in [1.54, 1.807) is 12.0 Å². The molecule has 0 aromatic heterocycles. The number of hydrogen-bond donors (Lipinski definition) is 1. The fourth-order valence-corrected chi connectivity index (χ4v) is 2.53. The molecule has 2 rings (SSSR count). The minimum absolute atomic E-state index is 0.0542. The van der Waals surface area contributed by atoms with Crippen LogP contribution in [0.3, 0.4) is 0 Å². The molecule has 19 heavy (non-hydrogen) atoms. The van der Waals surface area contributed by atoms with Crippen LogP contribution < -0.4 is 0 Å². The first-order valence-corrected chi connectivity index (χ1v) is 6.21. The number of methoxy groups -OCH3 is 1. The van der Waals surface area contributed by atoms with Crippen LogP contribution in [0.5, 0.6) is 0 Å². The molecule has 1 saturated heterocycles. The van der Waals surface area contributed by atoms with Crippen molar-refractivity contribution in [3.8, 4) is 0 Å². The normalized spacial score (nSPS) is 22.8. The van der Waals surface area contributed by atoms with Crippen LogP contribution >= 0.6 is 0 Å². The fourth-order valence-electron chi connectivity index (χ4n) is 2.53. The van der Waals surface area contributed by atoms with Crippen LogP contribution in [0.1, 0.15) is 18.0 Å². The largest absolute Gasteiger partial charge is 0.481 e. The Hall–Kier alpha value is -1.88. The zero-order chi connectivity index (χ0) is 13.8. The third kappa shape index (κ3) is 2.76. The predicted molar refractivity (Wildman–Crippen MR) is 68.5 cm³/mol. The summed E-state index contributed by atoms with van der Waals surface area (Å²) in [6.07, 6.45) is 0.0542. The molecule has 1 aliphatic rings. The summed E-state index contributed by atoms with van der Waals surface area (Å²) >= 11 is 0. The molecule has 0 bridgehead atoms. The molecular formula is C14H17NO4. The van der Waals surface area contributed by atoms with E-state index in [1.807, 2.05) is 30.3 Å². The van der Waals surface area contributed by atoms with Crippen LogP contribution in [0.4, 0.5) is 0 Å². The molecule has 0 spiro atoms. The van der Waals surface area contributed by atoms with E-state index in [1.165, 1.54) is 0 Å². The first-order valence-electron chi connectivity index (χ1n) is 6.21. The second-order valence-corrected chi connectivity index (χ2v) is 4.58. The maximum Gasteiger partial charge on any atom is 0.309 e. The van der Waals surface area contributed by atoms with Crippen molar-refractivity contribution in [2.24, 2.45) is 5.92 Å². The van der Waals surface area contributed by atoms with Gasteiger partial charge in [-0.2, -0.15) is 0 Å². The van der Waals surface area contributed by atoms with Crippen molar-refractivity contribution in [3.05, 3.63) is 35.9 Å². The molecule has 102 valence electrons. The van der Waals surface area contributed by atoms with Crippen molar-refractivity contribution < 1.29 is 19.4 Å². The number of carbonyl (C=O) groups is 2. The Balaban J connectivity index is 2.30. The van der Waals surface area contributed by atoms with Gasteiger partial charge in [-0.3, -0.25) is 9.59 Å². The molecule has 1 aromatic rings. The predicted octanol–water partition coefficient (Wildman–Crippen LogP) is 1.31. The molecule has 1 N–H and O–H groups in total. The van der Waals surface area contributed by atoms with Gasteiger partial charge in [-0.25, -0.2) is 0 Å². The number of carbonyl (C=O) groups excluding carboxylic acids is 1. The molecular weight excluding hydrogens is 246 g/mol. The topological polar surface area (TPSA) is 66.8 Å². The molecule has 0 radical (unpaired) electrons. The highest BCUT2D eigenvalue weighted by atomic mass is 16.5. The van der Waals surface area contributed by atoms with E-state index in [0.717, 1.165) is 5.56 Å². The van der Waals surface area contributed by atoms with Gasteiger partial charge in [0, 0.05) is 20.1 Å². The molecule has 0 aliphatic carbocycles. The van der Waals surface area contributed by atoms with E-state index >= 15 is 0 Å². The third-order valence-electron chi connectivity index (χ3n) is 3.43. The SMILES string of the molecule is COCCN1C(=O)C[C@@H](C(=O)O)[C@H]1c1ccccc1. The highest BCUT2D eigenvalue weighted by Gasteiger charge is 2.44. The molecule has 2 atom stereocenters. The standard InChI is InChI=1S/C14H17NO4/c1-19-8-7-15-12(16)9-11(14(17)18)13(15)10-5-3-2-4-6-10/h2-6,11,13H,7-9H2,1H3,(H,17,18)/t11-,13-/m1/s1. The van der Waals surface area contributed by atoms with E-state index in [-0.39, 0.29) is 12.3 Å². The minimum Gasteiger partial charge on any atom is -0.481 e. The molecule has 5 heteroatoms. The molecule has 1 fully saturated rings. The quantitative estimate of drug-likeness (QED) is 0.869. The summed E-state index contributed by atoms with van der Waals surface area (Å²) in [6.45, 7) is 0.820. The van der Waals surface area contributed by atoms with E-state index < -0.39 is 17.9 Å². The van der Waals surface area contributed by atoms with Gasteiger partial charge in [0.05, 0.1) is 18.6 Å². The van der Waals surface area contributed by atoms with Crippen molar-refractivity contribution in [3.63, 3.8) is 0 Å². The average molecular weight is 263 g/mol. The molecule has 1 aliphatic heterocycles. The van der Waals surface area contributed by atoms with Gasteiger partial charge in [0.15, 0.2) is 0 Å². The van der Waals surface area contributed by atoms with E-state index in [0.29, 0.717) is 13.2 Å². The zero-order valence-corrected chi connectivity index (χ0v) is 10.8. The van der Waals surface area contributed by atoms with Gasteiger partial charge in [-0.1, -0.05) is 30.3 Å². The Morgan fingerprint density at radius 3 is 2.68 bits per heavy atom. The number of rotatable bonds is 5. The van der Waals surface area contributed by atoms with E-state index in [2.05, 4.69) is 0 Å². The summed E-state index contributed by atoms with van der Waals surface area (Å²) in [4.78, 5) is 24.9. The summed E-state index contributed by atoms with van der Waals surface area (Å²) in [5.41, 5.74) is 0.858. The Morgan fingerprint density at radius 1 is 1.42 bits per heavy atom. The number of likely N-dealkylation sites (tertiary alicyclic amines) is 1. The van der Waals surface area contributed by atoms with Crippen LogP contribution in [0.25, 0.3) is 0 Å². The first-order chi connectivity index (χ1) is 9.15. The third-order valence-corrected chi connectivity index (χ3v) is 3.43. The Kier molecular flexibility index (Phi) is 4.16. The van der Waals surface area contributed by atoms with Crippen molar-refractivity contribution in [1.29, 1.82) is 0 Å². The minimum atomic E-state index is -0.929. The van der Waals surface area contributed by atoms with E-state index in [9.17, 15) is 14.7 Å². The van der Waals surface area contributed by atoms with Gasteiger partial charge in [-0.15, -0.1) is 0 Å². The zero-order valence-electron chi connectivity index (χ0n) is 10.8. The van der Waals surface area contributed by atoms with Crippen LogP contribution in [0, 0.1) is 5.92 Å². The van der Waals surface area contributed by atoms with Gasteiger partial charge in [-0.05, 0) is 5.56 Å². The van der Waals surface area contributed by atoms with Crippen LogP contribution in [-0.2, 0) is 14.3 Å². The van der Waals surface area contributed by atoms with Gasteiger partial charge in [0.25, 0.3) is 0 Å². The Morgan fingerprint density at radius 2 is 2.11 bits per heavy atom. The lowest BCUT2D eigenvalue weighted by atomic mass is 9.94. The summed E-state index contributed by atoms with van der Waals surface area (Å²) in [6, 6.07) is 8.89. The number of aliphatic carboxylic acids is 1. The second-order valence-electron chi connectivity index (χ2n) is 4.58. The summed E-state index contributed by atoms with van der Waals surface area (Å²) in [7, 11) is 1.56. The van der Waals surface area contributed by atoms with Crippen molar-refractivity contribution >= 4 is 11.9 Å². The van der Waals surface area contributed by atoms with Crippen molar-refractivity contribution in [2.75, 3.05) is 20.3 Å². The molecule has 1 amide bonds. The number of carboxylic acids is 1. The van der Waals surface area contributed by atoms with E-state index in [4.69, 9.17) is 4.74 Å². The van der Waals surface area contributed by atoms with Gasteiger partial charge < -0.3 is 14.7 Å². The molecule has 0 unspecified atom stereocenters. The maximum atomic E-state index is 12.0. The lowest BCUT2D eigenvalue weighted by Crippen LogP contribution is -2.33. The number of ether oxygens (including phenoxy) is 1. The van der Waals surface area contributed by atoms with Gasteiger partial charge >= 0.3 is 5.97 Å². The lowest BCUT2D eigenvalue weighted by molar-refractivity contribution is -0.142. The number of benzene rings is 1. The fraction of sp³-hybridized carbons (Fsp3) is 0.429. The monoisotopic (exact) mass is 263 g/mol. The summed E-state index contributed by atoms with van der Waals surface area (Å²) < 4.78 is 4.99. The summed E-state index contributed by atoms with van der Waals surface area (Å²) in [5.74, 6) is -1.74. The van der Waals surface area contributed by atoms with Crippen molar-refractivity contribution in [2.45, 2.75) is 12.5 Å². The Labute approximate surface area is 111 Å².